The zero-order chi connectivity index (χ0) is 21.7. The van der Waals surface area contributed by atoms with Crippen molar-refractivity contribution in [3.63, 3.8) is 0 Å². The summed E-state index contributed by atoms with van der Waals surface area (Å²) in [5, 5.41) is 12.6. The Morgan fingerprint density at radius 3 is 2.67 bits per heavy atom. The van der Waals surface area contributed by atoms with Gasteiger partial charge in [0.2, 0.25) is 5.91 Å². The SMILES string of the molecule is CCn1c(SCC(=O)Nc2cccc(Cl)c2Cl)nnc1C(C)Oc1ccc(Br)cc1. The van der Waals surface area contributed by atoms with Crippen molar-refractivity contribution in [2.75, 3.05) is 11.1 Å². The van der Waals surface area contributed by atoms with Crippen LogP contribution in [0.5, 0.6) is 5.75 Å². The van der Waals surface area contributed by atoms with E-state index < -0.39 is 0 Å². The van der Waals surface area contributed by atoms with Crippen molar-refractivity contribution >= 4 is 62.5 Å². The third-order valence-corrected chi connectivity index (χ3v) is 6.42. The molecule has 0 radical (unpaired) electrons. The van der Waals surface area contributed by atoms with Gasteiger partial charge in [-0.3, -0.25) is 4.79 Å². The third-order valence-electron chi connectivity index (χ3n) is 4.11. The second-order valence-corrected chi connectivity index (χ2v) is 8.88. The van der Waals surface area contributed by atoms with E-state index in [1.54, 1.807) is 18.2 Å². The molecule has 30 heavy (non-hydrogen) atoms. The van der Waals surface area contributed by atoms with Gasteiger partial charge in [-0.2, -0.15) is 0 Å². The summed E-state index contributed by atoms with van der Waals surface area (Å²) in [4.78, 5) is 12.3. The van der Waals surface area contributed by atoms with E-state index in [0.717, 1.165) is 10.2 Å². The van der Waals surface area contributed by atoms with Gasteiger partial charge < -0.3 is 14.6 Å². The highest BCUT2D eigenvalue weighted by Crippen LogP contribution is 2.30. The number of anilines is 1. The summed E-state index contributed by atoms with van der Waals surface area (Å²) in [6, 6.07) is 12.7. The topological polar surface area (TPSA) is 69.0 Å². The number of amides is 1. The Hall–Kier alpha value is -1.74. The highest BCUT2D eigenvalue weighted by molar-refractivity contribution is 9.10. The molecule has 0 saturated carbocycles. The minimum absolute atomic E-state index is 0.156. The van der Waals surface area contributed by atoms with Crippen molar-refractivity contribution < 1.29 is 9.53 Å². The molecule has 0 aliphatic rings. The summed E-state index contributed by atoms with van der Waals surface area (Å²) in [6.45, 7) is 4.57. The van der Waals surface area contributed by atoms with Crippen molar-refractivity contribution in [1.82, 2.24) is 14.8 Å². The summed E-state index contributed by atoms with van der Waals surface area (Å²) in [5.41, 5.74) is 0.476. The largest absolute Gasteiger partial charge is 0.483 e. The second kappa shape index (κ2) is 10.5. The first-order valence-electron chi connectivity index (χ1n) is 9.11. The number of hydrogen-bond acceptors (Lipinski definition) is 5. The average molecular weight is 530 g/mol. The molecule has 1 unspecified atom stereocenters. The average Bonchev–Trinajstić information content (AvgIpc) is 3.14. The van der Waals surface area contributed by atoms with Crippen LogP contribution in [0.2, 0.25) is 10.0 Å². The molecule has 1 atom stereocenters. The van der Waals surface area contributed by atoms with Gasteiger partial charge in [0.15, 0.2) is 17.1 Å². The number of nitrogens with one attached hydrogen (secondary N) is 1. The van der Waals surface area contributed by atoms with Crippen LogP contribution in [0.4, 0.5) is 5.69 Å². The maximum absolute atomic E-state index is 12.3. The number of aromatic nitrogens is 3. The molecule has 1 N–H and O–H groups in total. The summed E-state index contributed by atoms with van der Waals surface area (Å²) in [6.07, 6.45) is -0.299. The predicted octanol–water partition coefficient (Wildman–Crippen LogP) is 6.24. The fourth-order valence-corrected chi connectivity index (χ4v) is 4.11. The van der Waals surface area contributed by atoms with Crippen LogP contribution in [-0.4, -0.2) is 26.4 Å². The van der Waals surface area contributed by atoms with E-state index in [-0.39, 0.29) is 17.8 Å². The molecule has 1 aromatic heterocycles. The first-order chi connectivity index (χ1) is 14.4. The van der Waals surface area contributed by atoms with Gasteiger partial charge >= 0.3 is 0 Å². The molecule has 0 bridgehead atoms. The molecule has 1 amide bonds. The number of carbonyl (C=O) groups is 1. The van der Waals surface area contributed by atoms with Gasteiger partial charge in [-0.25, -0.2) is 0 Å². The number of ether oxygens (including phenoxy) is 1. The number of thioether (sulfide) groups is 1. The van der Waals surface area contributed by atoms with Crippen molar-refractivity contribution in [2.24, 2.45) is 0 Å². The van der Waals surface area contributed by atoms with E-state index in [9.17, 15) is 4.79 Å². The molecule has 0 saturated heterocycles. The third kappa shape index (κ3) is 5.69. The van der Waals surface area contributed by atoms with E-state index in [1.807, 2.05) is 42.7 Å². The van der Waals surface area contributed by atoms with Crippen LogP contribution in [0.1, 0.15) is 25.8 Å². The lowest BCUT2D eigenvalue weighted by atomic mass is 10.3. The van der Waals surface area contributed by atoms with Crippen molar-refractivity contribution in [3.05, 3.63) is 62.8 Å². The van der Waals surface area contributed by atoms with Gasteiger partial charge in [-0.15, -0.1) is 10.2 Å². The number of hydrogen-bond donors (Lipinski definition) is 1. The lowest BCUT2D eigenvalue weighted by molar-refractivity contribution is -0.113. The summed E-state index contributed by atoms with van der Waals surface area (Å²) >= 11 is 16.8. The van der Waals surface area contributed by atoms with Gasteiger partial charge in [0.05, 0.1) is 21.5 Å². The summed E-state index contributed by atoms with van der Waals surface area (Å²) in [5.74, 6) is 1.38. The molecule has 1 heterocycles. The van der Waals surface area contributed by atoms with Crippen LogP contribution in [0, 0.1) is 0 Å². The Morgan fingerprint density at radius 1 is 1.23 bits per heavy atom. The quantitative estimate of drug-likeness (QED) is 0.350. The Balaban J connectivity index is 1.64. The highest BCUT2D eigenvalue weighted by atomic mass is 79.9. The maximum Gasteiger partial charge on any atom is 0.234 e. The molecule has 0 aliphatic carbocycles. The van der Waals surface area contributed by atoms with E-state index >= 15 is 0 Å². The Kier molecular flexibility index (Phi) is 8.05. The van der Waals surface area contributed by atoms with Crippen LogP contribution in [0.3, 0.4) is 0 Å². The molecule has 0 fully saturated rings. The molecule has 2 aromatic carbocycles. The van der Waals surface area contributed by atoms with Crippen LogP contribution in [-0.2, 0) is 11.3 Å². The number of nitrogens with zero attached hydrogens (tertiary/aromatic N) is 3. The number of benzene rings is 2. The van der Waals surface area contributed by atoms with Crippen LogP contribution in [0.15, 0.2) is 52.1 Å². The molecule has 10 heteroatoms. The van der Waals surface area contributed by atoms with Crippen LogP contribution >= 0.6 is 50.9 Å². The minimum Gasteiger partial charge on any atom is -0.483 e. The minimum atomic E-state index is -0.299. The van der Waals surface area contributed by atoms with Gasteiger partial charge in [0.25, 0.3) is 0 Å². The molecule has 158 valence electrons. The van der Waals surface area contributed by atoms with Crippen LogP contribution < -0.4 is 10.1 Å². The molecule has 6 nitrogen and oxygen atoms in total. The zero-order valence-electron chi connectivity index (χ0n) is 16.2. The Labute approximate surface area is 197 Å². The molecule has 0 spiro atoms. The first-order valence-corrected chi connectivity index (χ1v) is 11.6. The zero-order valence-corrected chi connectivity index (χ0v) is 20.1. The molecular weight excluding hydrogens is 511 g/mol. The van der Waals surface area contributed by atoms with Gasteiger partial charge in [-0.05, 0) is 50.2 Å². The number of rotatable bonds is 8. The maximum atomic E-state index is 12.3. The fourth-order valence-electron chi connectivity index (χ4n) is 2.69. The predicted molar refractivity (Wildman–Crippen MR) is 125 cm³/mol. The monoisotopic (exact) mass is 528 g/mol. The van der Waals surface area contributed by atoms with E-state index in [4.69, 9.17) is 27.9 Å². The van der Waals surface area contributed by atoms with E-state index in [2.05, 4.69) is 31.4 Å². The fraction of sp³-hybridized carbons (Fsp3) is 0.250. The molecular formula is C20H19BrCl2N4O2S. The number of halogens is 3. The normalized spacial score (nSPS) is 11.9. The smallest absolute Gasteiger partial charge is 0.234 e. The molecule has 0 aliphatic heterocycles. The summed E-state index contributed by atoms with van der Waals surface area (Å²) < 4.78 is 8.90. The van der Waals surface area contributed by atoms with Crippen molar-refractivity contribution in [1.29, 1.82) is 0 Å². The van der Waals surface area contributed by atoms with Crippen molar-refractivity contribution in [2.45, 2.75) is 31.7 Å². The van der Waals surface area contributed by atoms with Crippen LogP contribution in [0.25, 0.3) is 0 Å². The molecule has 3 aromatic rings. The second-order valence-electron chi connectivity index (χ2n) is 6.24. The number of carbonyl (C=O) groups excluding carboxylic acids is 1. The van der Waals surface area contributed by atoms with Gasteiger partial charge in [0, 0.05) is 11.0 Å². The summed E-state index contributed by atoms with van der Waals surface area (Å²) in [7, 11) is 0. The van der Waals surface area contributed by atoms with E-state index in [1.165, 1.54) is 11.8 Å². The lowest BCUT2D eigenvalue weighted by Gasteiger charge is -2.15. The van der Waals surface area contributed by atoms with Gasteiger partial charge in [-0.1, -0.05) is 57.0 Å². The van der Waals surface area contributed by atoms with Crippen molar-refractivity contribution in [3.8, 4) is 5.75 Å². The highest BCUT2D eigenvalue weighted by Gasteiger charge is 2.19. The van der Waals surface area contributed by atoms with E-state index in [0.29, 0.717) is 33.3 Å². The molecule has 3 rings (SSSR count). The Morgan fingerprint density at radius 2 is 1.97 bits per heavy atom. The lowest BCUT2D eigenvalue weighted by Crippen LogP contribution is -2.15. The first kappa shape index (κ1) is 22.9. The standard InChI is InChI=1S/C20H19BrCl2N4O2S/c1-3-27-19(12(2)29-14-9-7-13(21)8-10-14)25-26-20(27)30-11-17(28)24-16-6-4-5-15(22)18(16)23/h4-10,12H,3,11H2,1-2H3,(H,24,28). The Bertz CT molecular complexity index is 1030. The van der Waals surface area contributed by atoms with Gasteiger partial charge in [0.1, 0.15) is 5.75 Å².